The smallest absolute Gasteiger partial charge is 0.416 e. The lowest BCUT2D eigenvalue weighted by Gasteiger charge is -2.16. The van der Waals surface area contributed by atoms with Gasteiger partial charge < -0.3 is 20.1 Å². The van der Waals surface area contributed by atoms with Gasteiger partial charge in [-0.15, -0.1) is 0 Å². The number of β-amino-alcohol motifs (C(OH)–C–C–N with tert-alkyl or cyclic N) is 1. The molecular weight excluding hydrogens is 411 g/mol. The van der Waals surface area contributed by atoms with Gasteiger partial charge in [-0.25, -0.2) is 4.79 Å². The number of benzene rings is 1. The number of nitrogens with one attached hydrogen (secondary N) is 1. The van der Waals surface area contributed by atoms with E-state index in [4.69, 9.17) is 16.7 Å². The van der Waals surface area contributed by atoms with E-state index in [2.05, 4.69) is 10.1 Å². The zero-order valence-electron chi connectivity index (χ0n) is 14.2. The van der Waals surface area contributed by atoms with Crippen molar-refractivity contribution in [2.45, 2.75) is 6.18 Å². The summed E-state index contributed by atoms with van der Waals surface area (Å²) in [6.45, 7) is -0.831. The summed E-state index contributed by atoms with van der Waals surface area (Å²) in [7, 11) is 1.04. The van der Waals surface area contributed by atoms with Crippen LogP contribution in [0.2, 0.25) is 5.02 Å². The average Bonchev–Trinajstić information content (AvgIpc) is 2.91. The Bertz CT molecular complexity index is 871. The van der Waals surface area contributed by atoms with Gasteiger partial charge in [0.1, 0.15) is 11.4 Å². The minimum atomic E-state index is -4.88. The number of carbonyl (C=O) groups excluding carboxylic acids is 2. The Morgan fingerprint density at radius 1 is 1.46 bits per heavy atom. The number of anilines is 1. The van der Waals surface area contributed by atoms with E-state index in [-0.39, 0.29) is 24.7 Å². The number of amides is 1. The van der Waals surface area contributed by atoms with Gasteiger partial charge in [0, 0.05) is 12.6 Å². The molecule has 1 heterocycles. The highest BCUT2D eigenvalue weighted by molar-refractivity contribution is 6.34. The molecule has 1 amide bonds. The molecule has 1 aliphatic rings. The van der Waals surface area contributed by atoms with Crippen LogP contribution in [0.4, 0.5) is 24.5 Å². The number of hydrogen-bond donors (Lipinski definition) is 2. The SMILES string of the molecule is COC(=O)C1=C(Nc2c(Cl)cc(C(F)(F)F)cc2[N+](=O)[O-])C(=O)N(CCO)C1. The van der Waals surface area contributed by atoms with Crippen LogP contribution in [0.1, 0.15) is 5.56 Å². The summed E-state index contributed by atoms with van der Waals surface area (Å²) in [5.41, 5.74) is -3.63. The van der Waals surface area contributed by atoms with Gasteiger partial charge in [0.25, 0.3) is 11.6 Å². The Morgan fingerprint density at radius 3 is 2.61 bits per heavy atom. The van der Waals surface area contributed by atoms with Gasteiger partial charge in [-0.05, 0) is 6.07 Å². The van der Waals surface area contributed by atoms with E-state index in [1.54, 1.807) is 0 Å². The van der Waals surface area contributed by atoms with Crippen LogP contribution in [-0.2, 0) is 20.5 Å². The Morgan fingerprint density at radius 2 is 2.11 bits per heavy atom. The number of carbonyl (C=O) groups is 2. The van der Waals surface area contributed by atoms with Gasteiger partial charge in [0.05, 0.1) is 41.3 Å². The lowest BCUT2D eigenvalue weighted by molar-refractivity contribution is -0.384. The third-order valence-corrected chi connectivity index (χ3v) is 4.10. The number of alkyl halides is 3. The van der Waals surface area contributed by atoms with Gasteiger partial charge >= 0.3 is 12.1 Å². The van der Waals surface area contributed by atoms with Gasteiger partial charge in [-0.3, -0.25) is 14.9 Å². The number of aliphatic hydroxyl groups is 1. The Kier molecular flexibility index (Phi) is 6.14. The second-order valence-electron chi connectivity index (χ2n) is 5.53. The topological polar surface area (TPSA) is 122 Å². The second-order valence-corrected chi connectivity index (χ2v) is 5.93. The highest BCUT2D eigenvalue weighted by Crippen LogP contribution is 2.41. The number of nitrogens with zero attached hydrogens (tertiary/aromatic N) is 2. The van der Waals surface area contributed by atoms with E-state index in [9.17, 15) is 32.9 Å². The zero-order valence-corrected chi connectivity index (χ0v) is 14.9. The Labute approximate surface area is 160 Å². The van der Waals surface area contributed by atoms with Crippen molar-refractivity contribution < 1.29 is 37.5 Å². The maximum atomic E-state index is 12.9. The molecule has 9 nitrogen and oxygen atoms in total. The molecule has 0 fully saturated rings. The summed E-state index contributed by atoms with van der Waals surface area (Å²) in [5.74, 6) is -1.73. The largest absolute Gasteiger partial charge is 0.466 e. The van der Waals surface area contributed by atoms with E-state index < -0.39 is 57.2 Å². The Balaban J connectivity index is 2.57. The van der Waals surface area contributed by atoms with Crippen LogP contribution < -0.4 is 5.32 Å². The zero-order chi connectivity index (χ0) is 21.2. The summed E-state index contributed by atoms with van der Waals surface area (Å²) in [5, 5.41) is 21.9. The molecule has 0 aliphatic carbocycles. The van der Waals surface area contributed by atoms with Crippen LogP contribution in [0.5, 0.6) is 0 Å². The summed E-state index contributed by atoms with van der Waals surface area (Å²) < 4.78 is 43.3. The van der Waals surface area contributed by atoms with E-state index in [1.807, 2.05) is 0 Å². The van der Waals surface area contributed by atoms with Crippen molar-refractivity contribution >= 4 is 34.9 Å². The fourth-order valence-corrected chi connectivity index (χ4v) is 2.76. The van der Waals surface area contributed by atoms with Crippen molar-refractivity contribution in [2.75, 3.05) is 32.1 Å². The molecule has 0 aromatic heterocycles. The molecule has 0 spiro atoms. The molecule has 2 rings (SSSR count). The third-order valence-electron chi connectivity index (χ3n) is 3.80. The molecule has 0 bridgehead atoms. The fourth-order valence-electron chi connectivity index (χ4n) is 2.50. The van der Waals surface area contributed by atoms with Crippen LogP contribution >= 0.6 is 11.6 Å². The second kappa shape index (κ2) is 8.02. The van der Waals surface area contributed by atoms with Crippen molar-refractivity contribution in [3.05, 3.63) is 44.1 Å². The normalized spacial score (nSPS) is 14.5. The number of nitro groups is 1. The number of methoxy groups -OCH3 is 1. The molecule has 152 valence electrons. The van der Waals surface area contributed by atoms with Crippen molar-refractivity contribution in [1.29, 1.82) is 0 Å². The Hall–Kier alpha value is -2.86. The molecule has 0 radical (unpaired) electrons. The molecule has 0 atom stereocenters. The number of nitro benzene ring substituents is 1. The molecule has 1 aliphatic heterocycles. The maximum absolute atomic E-state index is 12.9. The van der Waals surface area contributed by atoms with E-state index in [0.717, 1.165) is 12.0 Å². The minimum absolute atomic E-state index is 0.145. The first-order valence-electron chi connectivity index (χ1n) is 7.55. The number of hydrogen-bond acceptors (Lipinski definition) is 7. The monoisotopic (exact) mass is 423 g/mol. The number of ether oxygens (including phenoxy) is 1. The summed E-state index contributed by atoms with van der Waals surface area (Å²) in [6, 6.07) is 0.720. The molecule has 28 heavy (non-hydrogen) atoms. The van der Waals surface area contributed by atoms with Crippen LogP contribution in [-0.4, -0.2) is 53.6 Å². The fraction of sp³-hybridized carbons (Fsp3) is 0.333. The first kappa shape index (κ1) is 21.4. The number of halogens is 4. The summed E-state index contributed by atoms with van der Waals surface area (Å²) in [6.07, 6.45) is -4.88. The molecule has 0 saturated carbocycles. The standard InChI is InChI=1S/C15H13ClF3N3O6/c1-28-14(25)8-6-21(2-3-23)13(24)11(8)20-12-9(16)4-7(15(17,18)19)5-10(12)22(26)27/h4-5,20,23H,2-3,6H2,1H3. The maximum Gasteiger partial charge on any atom is 0.416 e. The van der Waals surface area contributed by atoms with E-state index in [1.165, 1.54) is 0 Å². The molecule has 1 aromatic carbocycles. The van der Waals surface area contributed by atoms with Crippen molar-refractivity contribution in [3.63, 3.8) is 0 Å². The number of esters is 1. The first-order chi connectivity index (χ1) is 13.0. The number of rotatable bonds is 6. The lowest BCUT2D eigenvalue weighted by atomic mass is 10.1. The lowest BCUT2D eigenvalue weighted by Crippen LogP contribution is -2.31. The van der Waals surface area contributed by atoms with Crippen LogP contribution in [0.15, 0.2) is 23.4 Å². The quantitative estimate of drug-likeness (QED) is 0.407. The summed E-state index contributed by atoms with van der Waals surface area (Å²) >= 11 is 5.80. The van der Waals surface area contributed by atoms with Crippen LogP contribution in [0.25, 0.3) is 0 Å². The predicted molar refractivity (Wildman–Crippen MR) is 89.4 cm³/mol. The molecule has 0 unspecified atom stereocenters. The molecule has 2 N–H and O–H groups in total. The molecule has 0 saturated heterocycles. The molecular formula is C15H13ClF3N3O6. The van der Waals surface area contributed by atoms with Crippen LogP contribution in [0.3, 0.4) is 0 Å². The number of aliphatic hydroxyl groups excluding tert-OH is 1. The van der Waals surface area contributed by atoms with Crippen molar-refractivity contribution in [3.8, 4) is 0 Å². The minimum Gasteiger partial charge on any atom is -0.466 e. The van der Waals surface area contributed by atoms with Gasteiger partial charge in [-0.1, -0.05) is 11.6 Å². The van der Waals surface area contributed by atoms with Gasteiger partial charge in [0.2, 0.25) is 0 Å². The van der Waals surface area contributed by atoms with E-state index in [0.29, 0.717) is 6.07 Å². The predicted octanol–water partition coefficient (Wildman–Crippen LogP) is 1.94. The highest BCUT2D eigenvalue weighted by atomic mass is 35.5. The van der Waals surface area contributed by atoms with Crippen molar-refractivity contribution in [1.82, 2.24) is 4.90 Å². The third kappa shape index (κ3) is 4.17. The first-order valence-corrected chi connectivity index (χ1v) is 7.92. The van der Waals surface area contributed by atoms with Gasteiger partial charge in [0.15, 0.2) is 0 Å². The molecule has 1 aromatic rings. The average molecular weight is 424 g/mol. The molecule has 13 heteroatoms. The van der Waals surface area contributed by atoms with E-state index >= 15 is 0 Å². The van der Waals surface area contributed by atoms with Gasteiger partial charge in [-0.2, -0.15) is 13.2 Å². The van der Waals surface area contributed by atoms with Crippen molar-refractivity contribution in [2.24, 2.45) is 0 Å². The van der Waals surface area contributed by atoms with Crippen LogP contribution in [0, 0.1) is 10.1 Å². The highest BCUT2D eigenvalue weighted by Gasteiger charge is 2.38. The summed E-state index contributed by atoms with van der Waals surface area (Å²) in [4.78, 5) is 35.6.